The fraction of sp³-hybridized carbons (Fsp3) is 0.444. The number of likely N-dealkylation sites (N-methyl/N-ethyl adjacent to an activating group) is 1. The van der Waals surface area contributed by atoms with Crippen molar-refractivity contribution in [3.8, 4) is 0 Å². The molecule has 6 heteroatoms. The van der Waals surface area contributed by atoms with Gasteiger partial charge in [0.2, 0.25) is 5.91 Å². The third kappa shape index (κ3) is 5.47. The van der Waals surface area contributed by atoms with Crippen LogP contribution in [0.5, 0.6) is 0 Å². The molecule has 24 heavy (non-hydrogen) atoms. The van der Waals surface area contributed by atoms with Gasteiger partial charge in [-0.25, -0.2) is 0 Å². The number of benzene rings is 1. The van der Waals surface area contributed by atoms with Gasteiger partial charge in [0, 0.05) is 37.1 Å². The zero-order valence-electron chi connectivity index (χ0n) is 14.9. The van der Waals surface area contributed by atoms with Crippen molar-refractivity contribution in [3.05, 3.63) is 47.8 Å². The van der Waals surface area contributed by atoms with Gasteiger partial charge in [0.15, 0.2) is 0 Å². The molecule has 1 aromatic heterocycles. The second kappa shape index (κ2) is 8.61. The van der Waals surface area contributed by atoms with Crippen molar-refractivity contribution in [1.29, 1.82) is 0 Å². The van der Waals surface area contributed by atoms with E-state index >= 15 is 0 Å². The van der Waals surface area contributed by atoms with Crippen LogP contribution in [0.15, 0.2) is 36.7 Å². The van der Waals surface area contributed by atoms with Crippen LogP contribution in [0.1, 0.15) is 30.5 Å². The van der Waals surface area contributed by atoms with Gasteiger partial charge in [-0.3, -0.25) is 9.48 Å². The highest BCUT2D eigenvalue weighted by molar-refractivity contribution is 5.92. The Morgan fingerprint density at radius 2 is 2.17 bits per heavy atom. The minimum atomic E-state index is -0.00750. The van der Waals surface area contributed by atoms with Crippen LogP contribution >= 0.6 is 0 Å². The highest BCUT2D eigenvalue weighted by atomic mass is 16.2. The summed E-state index contributed by atoms with van der Waals surface area (Å²) in [7, 11) is 5.68. The summed E-state index contributed by atoms with van der Waals surface area (Å²) in [6.07, 6.45) is 4.93. The van der Waals surface area contributed by atoms with E-state index in [4.69, 9.17) is 0 Å². The summed E-state index contributed by atoms with van der Waals surface area (Å²) in [5.74, 6) is -0.00750. The van der Waals surface area contributed by atoms with E-state index < -0.39 is 0 Å². The molecule has 0 saturated carbocycles. The first-order chi connectivity index (χ1) is 11.5. The number of hydrogen-bond acceptors (Lipinski definition) is 4. The maximum atomic E-state index is 11.9. The molecule has 0 unspecified atom stereocenters. The van der Waals surface area contributed by atoms with Crippen molar-refractivity contribution in [2.24, 2.45) is 7.05 Å². The Kier molecular flexibility index (Phi) is 6.52. The monoisotopic (exact) mass is 329 g/mol. The molecular weight excluding hydrogens is 302 g/mol. The standard InChI is InChI=1S/C18H27N5O/c1-5-17(15-11-20-23(4)12-15)19-10-14-7-6-8-16(9-14)21-18(24)13-22(2)3/h6-9,11-12,17,19H,5,10,13H2,1-4H3,(H,21,24)/t17-/m0/s1. The van der Waals surface area contributed by atoms with Crippen LogP contribution in [0.25, 0.3) is 0 Å². The van der Waals surface area contributed by atoms with E-state index in [1.165, 1.54) is 5.56 Å². The normalized spacial score (nSPS) is 12.4. The molecule has 2 rings (SSSR count). The number of hydrogen-bond donors (Lipinski definition) is 2. The van der Waals surface area contributed by atoms with E-state index in [1.807, 2.05) is 61.3 Å². The van der Waals surface area contributed by atoms with Crippen molar-refractivity contribution in [3.63, 3.8) is 0 Å². The molecule has 0 bridgehead atoms. The number of aryl methyl sites for hydroxylation is 1. The predicted molar refractivity (Wildman–Crippen MR) is 96.7 cm³/mol. The SMILES string of the molecule is CC[C@H](NCc1cccc(NC(=O)CN(C)C)c1)c1cnn(C)c1. The number of amides is 1. The molecule has 0 aliphatic rings. The van der Waals surface area contributed by atoms with E-state index in [-0.39, 0.29) is 11.9 Å². The number of nitrogens with zero attached hydrogens (tertiary/aromatic N) is 3. The Morgan fingerprint density at radius 3 is 2.79 bits per heavy atom. The fourth-order valence-corrected chi connectivity index (χ4v) is 2.61. The number of aromatic nitrogens is 2. The quantitative estimate of drug-likeness (QED) is 0.779. The van der Waals surface area contributed by atoms with Crippen molar-refractivity contribution < 1.29 is 4.79 Å². The van der Waals surface area contributed by atoms with E-state index in [2.05, 4.69) is 28.7 Å². The Labute approximate surface area is 143 Å². The summed E-state index contributed by atoms with van der Waals surface area (Å²) in [5, 5.41) is 10.7. The van der Waals surface area contributed by atoms with Crippen LogP contribution in [-0.4, -0.2) is 41.2 Å². The number of carbonyl (C=O) groups is 1. The molecule has 0 spiro atoms. The molecule has 0 saturated heterocycles. The first kappa shape index (κ1) is 18.2. The van der Waals surface area contributed by atoms with Crippen molar-refractivity contribution in [2.75, 3.05) is 26.0 Å². The molecule has 0 fully saturated rings. The van der Waals surface area contributed by atoms with Crippen LogP contribution in [-0.2, 0) is 18.4 Å². The summed E-state index contributed by atoms with van der Waals surface area (Å²) < 4.78 is 1.82. The van der Waals surface area contributed by atoms with Gasteiger partial charge in [0.05, 0.1) is 12.7 Å². The maximum Gasteiger partial charge on any atom is 0.238 e. The fourth-order valence-electron chi connectivity index (χ4n) is 2.61. The first-order valence-corrected chi connectivity index (χ1v) is 8.23. The summed E-state index contributed by atoms with van der Waals surface area (Å²) in [6.45, 7) is 3.27. The second-order valence-electron chi connectivity index (χ2n) is 6.28. The predicted octanol–water partition coefficient (Wildman–Crippen LogP) is 2.16. The Hall–Kier alpha value is -2.18. The summed E-state index contributed by atoms with van der Waals surface area (Å²) >= 11 is 0. The van der Waals surface area contributed by atoms with E-state index in [0.717, 1.165) is 24.2 Å². The molecule has 2 N–H and O–H groups in total. The van der Waals surface area contributed by atoms with Crippen LogP contribution in [0.2, 0.25) is 0 Å². The van der Waals surface area contributed by atoms with Crippen LogP contribution in [0, 0.1) is 0 Å². The van der Waals surface area contributed by atoms with Gasteiger partial charge >= 0.3 is 0 Å². The van der Waals surface area contributed by atoms with Crippen LogP contribution in [0.4, 0.5) is 5.69 Å². The molecular formula is C18H27N5O. The Bertz CT molecular complexity index is 665. The van der Waals surface area contributed by atoms with Gasteiger partial charge in [-0.05, 0) is 38.2 Å². The third-order valence-electron chi connectivity index (χ3n) is 3.76. The zero-order valence-corrected chi connectivity index (χ0v) is 14.9. The molecule has 0 aliphatic heterocycles. The third-order valence-corrected chi connectivity index (χ3v) is 3.76. The van der Waals surface area contributed by atoms with Gasteiger partial charge in [-0.1, -0.05) is 19.1 Å². The Morgan fingerprint density at radius 1 is 1.38 bits per heavy atom. The molecule has 6 nitrogen and oxygen atoms in total. The van der Waals surface area contributed by atoms with Gasteiger partial charge in [0.1, 0.15) is 0 Å². The van der Waals surface area contributed by atoms with E-state index in [0.29, 0.717) is 6.54 Å². The minimum absolute atomic E-state index is 0.00750. The van der Waals surface area contributed by atoms with Gasteiger partial charge in [-0.15, -0.1) is 0 Å². The van der Waals surface area contributed by atoms with Gasteiger partial charge in [0.25, 0.3) is 0 Å². The van der Waals surface area contributed by atoms with Gasteiger partial charge in [-0.2, -0.15) is 5.10 Å². The second-order valence-corrected chi connectivity index (χ2v) is 6.28. The molecule has 1 aromatic carbocycles. The molecule has 1 heterocycles. The summed E-state index contributed by atoms with van der Waals surface area (Å²) in [4.78, 5) is 13.7. The number of nitrogens with one attached hydrogen (secondary N) is 2. The molecule has 1 amide bonds. The van der Waals surface area contributed by atoms with Gasteiger partial charge < -0.3 is 15.5 Å². The van der Waals surface area contributed by atoms with Crippen LogP contribution < -0.4 is 10.6 Å². The lowest BCUT2D eigenvalue weighted by atomic mass is 10.1. The minimum Gasteiger partial charge on any atom is -0.325 e. The lowest BCUT2D eigenvalue weighted by Gasteiger charge is -2.16. The first-order valence-electron chi connectivity index (χ1n) is 8.23. The molecule has 2 aromatic rings. The highest BCUT2D eigenvalue weighted by Gasteiger charge is 2.11. The summed E-state index contributed by atoms with van der Waals surface area (Å²) in [6, 6.07) is 8.22. The lowest BCUT2D eigenvalue weighted by molar-refractivity contribution is -0.116. The topological polar surface area (TPSA) is 62.2 Å². The van der Waals surface area contributed by atoms with E-state index in [1.54, 1.807) is 0 Å². The zero-order chi connectivity index (χ0) is 17.5. The number of anilines is 1. The maximum absolute atomic E-state index is 11.9. The molecule has 130 valence electrons. The average Bonchev–Trinajstić information content (AvgIpc) is 2.94. The molecule has 0 radical (unpaired) electrons. The largest absolute Gasteiger partial charge is 0.325 e. The molecule has 0 aliphatic carbocycles. The van der Waals surface area contributed by atoms with E-state index in [9.17, 15) is 4.79 Å². The Balaban J connectivity index is 1.95. The van der Waals surface area contributed by atoms with Crippen LogP contribution in [0.3, 0.4) is 0 Å². The lowest BCUT2D eigenvalue weighted by Crippen LogP contribution is -2.27. The average molecular weight is 329 g/mol. The highest BCUT2D eigenvalue weighted by Crippen LogP contribution is 2.17. The number of carbonyl (C=O) groups excluding carboxylic acids is 1. The van der Waals surface area contributed by atoms with Crippen molar-refractivity contribution >= 4 is 11.6 Å². The summed E-state index contributed by atoms with van der Waals surface area (Å²) in [5.41, 5.74) is 3.16. The van der Waals surface area contributed by atoms with Crippen molar-refractivity contribution in [1.82, 2.24) is 20.0 Å². The molecule has 1 atom stereocenters. The van der Waals surface area contributed by atoms with Crippen molar-refractivity contribution in [2.45, 2.75) is 25.9 Å². The number of rotatable bonds is 8. The smallest absolute Gasteiger partial charge is 0.238 e.